The second kappa shape index (κ2) is 9.65. The number of carbonyl (C=O) groups excluding carboxylic acids is 2. The normalized spacial score (nSPS) is 15.1. The van der Waals surface area contributed by atoms with E-state index in [0.29, 0.717) is 18.0 Å². The molecule has 0 saturated carbocycles. The molecular formula is C31H33N3O2. The zero-order chi connectivity index (χ0) is 25.4. The van der Waals surface area contributed by atoms with Crippen LogP contribution in [0, 0.1) is 12.8 Å². The summed E-state index contributed by atoms with van der Waals surface area (Å²) in [5, 5.41) is 4.11. The third-order valence-electron chi connectivity index (χ3n) is 7.16. The van der Waals surface area contributed by atoms with E-state index in [0.717, 1.165) is 39.7 Å². The summed E-state index contributed by atoms with van der Waals surface area (Å²) in [6, 6.07) is 24.2. The number of amides is 2. The number of hydrogen-bond acceptors (Lipinski definition) is 2. The van der Waals surface area contributed by atoms with Gasteiger partial charge in [0.1, 0.15) is 6.54 Å². The average Bonchev–Trinajstić information content (AvgIpc) is 3.30. The van der Waals surface area contributed by atoms with Crippen molar-refractivity contribution in [2.24, 2.45) is 13.0 Å². The lowest BCUT2D eigenvalue weighted by Crippen LogP contribution is -2.40. The molecule has 0 spiro atoms. The smallest absolute Gasteiger partial charge is 0.255 e. The van der Waals surface area contributed by atoms with Crippen LogP contribution in [-0.2, 0) is 11.8 Å². The van der Waals surface area contributed by atoms with E-state index >= 15 is 0 Å². The van der Waals surface area contributed by atoms with Crippen LogP contribution in [0.15, 0.2) is 72.8 Å². The van der Waals surface area contributed by atoms with Crippen molar-refractivity contribution in [1.82, 2.24) is 14.8 Å². The molecule has 5 rings (SSSR count). The molecule has 1 aliphatic rings. The third kappa shape index (κ3) is 4.19. The highest BCUT2D eigenvalue weighted by atomic mass is 16.2. The summed E-state index contributed by atoms with van der Waals surface area (Å²) in [4.78, 5) is 28.4. The van der Waals surface area contributed by atoms with Gasteiger partial charge < -0.3 is 14.8 Å². The number of hydrogen-bond donors (Lipinski definition) is 1. The summed E-state index contributed by atoms with van der Waals surface area (Å²) in [7, 11) is 2.08. The molecule has 36 heavy (non-hydrogen) atoms. The molecule has 1 unspecified atom stereocenters. The van der Waals surface area contributed by atoms with Gasteiger partial charge in [0.25, 0.3) is 5.91 Å². The quantitative estimate of drug-likeness (QED) is 0.361. The van der Waals surface area contributed by atoms with E-state index in [9.17, 15) is 9.59 Å². The summed E-state index contributed by atoms with van der Waals surface area (Å²) < 4.78 is 2.21. The minimum atomic E-state index is -0.355. The number of benzene rings is 3. The molecule has 0 saturated heterocycles. The highest BCUT2D eigenvalue weighted by Crippen LogP contribution is 2.46. The Morgan fingerprint density at radius 1 is 0.972 bits per heavy atom. The second-order valence-corrected chi connectivity index (χ2v) is 10.2. The first-order valence-corrected chi connectivity index (χ1v) is 12.7. The van der Waals surface area contributed by atoms with E-state index in [-0.39, 0.29) is 24.4 Å². The molecule has 2 amide bonds. The number of aryl methyl sites for hydroxylation is 2. The van der Waals surface area contributed by atoms with Crippen LogP contribution in [0.1, 0.15) is 53.4 Å². The van der Waals surface area contributed by atoms with Crippen LogP contribution in [0.4, 0.5) is 0 Å². The van der Waals surface area contributed by atoms with Crippen LogP contribution in [-0.4, -0.2) is 34.4 Å². The van der Waals surface area contributed by atoms with Crippen molar-refractivity contribution in [3.8, 4) is 11.3 Å². The molecule has 1 N–H and O–H groups in total. The largest absolute Gasteiger partial charge is 0.355 e. The standard InChI is InChI=1S/C31H33N3O2/c1-20(2)17-18-32-27(35)19-34-30(23-9-5-6-10-24(23)31(34)36)28-25-11-7-8-12-26(25)33(4)29(28)22-15-13-21(3)14-16-22/h5-16,20,30H,17-19H2,1-4H3,(H,32,35). The fourth-order valence-electron chi connectivity index (χ4n) is 5.32. The van der Waals surface area contributed by atoms with Crippen LogP contribution in [0.25, 0.3) is 22.2 Å². The Hall–Kier alpha value is -3.86. The summed E-state index contributed by atoms with van der Waals surface area (Å²) in [6.45, 7) is 6.98. The van der Waals surface area contributed by atoms with Gasteiger partial charge in [-0.05, 0) is 42.5 Å². The maximum atomic E-state index is 13.7. The molecular weight excluding hydrogens is 446 g/mol. The topological polar surface area (TPSA) is 54.3 Å². The fraction of sp³-hybridized carbons (Fsp3) is 0.290. The number of rotatable bonds is 7. The number of carbonyl (C=O) groups is 2. The van der Waals surface area contributed by atoms with Crippen molar-refractivity contribution >= 4 is 22.7 Å². The van der Waals surface area contributed by atoms with E-state index in [1.54, 1.807) is 4.90 Å². The van der Waals surface area contributed by atoms with Gasteiger partial charge in [0.2, 0.25) is 5.91 Å². The highest BCUT2D eigenvalue weighted by molar-refractivity contribution is 6.03. The van der Waals surface area contributed by atoms with Gasteiger partial charge in [-0.1, -0.05) is 80.1 Å². The first kappa shape index (κ1) is 23.9. The second-order valence-electron chi connectivity index (χ2n) is 10.2. The van der Waals surface area contributed by atoms with Crippen LogP contribution in [0.5, 0.6) is 0 Å². The van der Waals surface area contributed by atoms with E-state index in [2.05, 4.69) is 74.1 Å². The van der Waals surface area contributed by atoms with Crippen molar-refractivity contribution < 1.29 is 9.59 Å². The third-order valence-corrected chi connectivity index (χ3v) is 7.16. The van der Waals surface area contributed by atoms with Crippen molar-refractivity contribution in [1.29, 1.82) is 0 Å². The summed E-state index contributed by atoms with van der Waals surface area (Å²) in [6.07, 6.45) is 0.907. The number of para-hydroxylation sites is 1. The molecule has 4 aromatic rings. The molecule has 5 heteroatoms. The SMILES string of the molecule is Cc1ccc(-c2c(C3c4ccccc4C(=O)N3CC(=O)NCCC(C)C)c3ccccc3n2C)cc1. The van der Waals surface area contributed by atoms with Crippen LogP contribution in [0.3, 0.4) is 0 Å². The van der Waals surface area contributed by atoms with Crippen molar-refractivity contribution in [2.75, 3.05) is 13.1 Å². The zero-order valence-corrected chi connectivity index (χ0v) is 21.4. The minimum absolute atomic E-state index is 0.0207. The molecule has 184 valence electrons. The summed E-state index contributed by atoms with van der Waals surface area (Å²) >= 11 is 0. The summed E-state index contributed by atoms with van der Waals surface area (Å²) in [5.74, 6) is 0.278. The van der Waals surface area contributed by atoms with Crippen molar-refractivity contribution in [3.63, 3.8) is 0 Å². The van der Waals surface area contributed by atoms with Gasteiger partial charge in [-0.15, -0.1) is 0 Å². The van der Waals surface area contributed by atoms with Gasteiger partial charge >= 0.3 is 0 Å². The van der Waals surface area contributed by atoms with Gasteiger partial charge in [0.15, 0.2) is 0 Å². The van der Waals surface area contributed by atoms with Crippen molar-refractivity contribution in [2.45, 2.75) is 33.2 Å². The molecule has 1 aliphatic heterocycles. The number of fused-ring (bicyclic) bond motifs is 2. The highest BCUT2D eigenvalue weighted by Gasteiger charge is 2.41. The lowest BCUT2D eigenvalue weighted by molar-refractivity contribution is -0.122. The number of aromatic nitrogens is 1. The Morgan fingerprint density at radius 2 is 1.67 bits per heavy atom. The number of nitrogens with zero attached hydrogens (tertiary/aromatic N) is 2. The number of nitrogens with one attached hydrogen (secondary N) is 1. The zero-order valence-electron chi connectivity index (χ0n) is 21.4. The molecule has 0 fully saturated rings. The van der Waals surface area contributed by atoms with Gasteiger partial charge in [-0.25, -0.2) is 0 Å². The van der Waals surface area contributed by atoms with Gasteiger partial charge in [0.05, 0.1) is 11.7 Å². The van der Waals surface area contributed by atoms with E-state index in [4.69, 9.17) is 0 Å². The van der Waals surface area contributed by atoms with Gasteiger partial charge in [-0.2, -0.15) is 0 Å². The van der Waals surface area contributed by atoms with E-state index < -0.39 is 0 Å². The predicted octanol–water partition coefficient (Wildman–Crippen LogP) is 5.86. The van der Waals surface area contributed by atoms with Crippen LogP contribution < -0.4 is 5.32 Å². The molecule has 5 nitrogen and oxygen atoms in total. The minimum Gasteiger partial charge on any atom is -0.355 e. The molecule has 0 radical (unpaired) electrons. The van der Waals surface area contributed by atoms with Gasteiger partial charge in [0, 0.05) is 35.6 Å². The molecule has 3 aromatic carbocycles. The van der Waals surface area contributed by atoms with Crippen LogP contribution >= 0.6 is 0 Å². The maximum Gasteiger partial charge on any atom is 0.255 e. The first-order valence-electron chi connectivity index (χ1n) is 12.7. The molecule has 0 bridgehead atoms. The maximum absolute atomic E-state index is 13.7. The summed E-state index contributed by atoms with van der Waals surface area (Å²) in [5.41, 5.74) is 7.12. The monoisotopic (exact) mass is 479 g/mol. The lowest BCUT2D eigenvalue weighted by atomic mass is 9.93. The first-order chi connectivity index (χ1) is 17.4. The molecule has 2 heterocycles. The Morgan fingerprint density at radius 3 is 2.42 bits per heavy atom. The Balaban J connectivity index is 1.66. The molecule has 1 aromatic heterocycles. The lowest BCUT2D eigenvalue weighted by Gasteiger charge is -2.26. The van der Waals surface area contributed by atoms with Gasteiger partial charge in [-0.3, -0.25) is 9.59 Å². The molecule has 1 atom stereocenters. The Kier molecular flexibility index (Phi) is 6.40. The molecule has 0 aliphatic carbocycles. The van der Waals surface area contributed by atoms with Crippen molar-refractivity contribution in [3.05, 3.63) is 95.1 Å². The predicted molar refractivity (Wildman–Crippen MR) is 145 cm³/mol. The Labute approximate surface area is 212 Å². The van der Waals surface area contributed by atoms with Crippen LogP contribution in [0.2, 0.25) is 0 Å². The van der Waals surface area contributed by atoms with E-state index in [1.165, 1.54) is 5.56 Å². The average molecular weight is 480 g/mol. The fourth-order valence-corrected chi connectivity index (χ4v) is 5.32. The Bertz CT molecular complexity index is 1430. The van der Waals surface area contributed by atoms with E-state index in [1.807, 2.05) is 36.4 Å².